The fourth-order valence-electron chi connectivity index (χ4n) is 5.29. The van der Waals surface area contributed by atoms with Gasteiger partial charge in [0.25, 0.3) is 0 Å². The topological polar surface area (TPSA) is 29.9 Å². The molecule has 0 saturated heterocycles. The van der Waals surface area contributed by atoms with Crippen LogP contribution in [-0.4, -0.2) is 4.98 Å². The molecular formula is C38H26IrN2O+. The van der Waals surface area contributed by atoms with Crippen molar-refractivity contribution in [2.45, 2.75) is 6.92 Å². The molecular weight excluding hydrogens is 693 g/mol. The first-order chi connectivity index (χ1) is 20.1. The number of hydrogen-bond donors (Lipinski definition) is 0. The molecule has 3 aromatic heterocycles. The summed E-state index contributed by atoms with van der Waals surface area (Å²) in [5.41, 5.74) is 6.88. The predicted molar refractivity (Wildman–Crippen MR) is 166 cm³/mol. The van der Waals surface area contributed by atoms with Crippen molar-refractivity contribution in [3.8, 4) is 22.4 Å². The second-order valence-corrected chi connectivity index (χ2v) is 10.2. The molecule has 0 unspecified atom stereocenters. The molecule has 0 amide bonds. The Morgan fingerprint density at radius 3 is 2.33 bits per heavy atom. The van der Waals surface area contributed by atoms with Crippen molar-refractivity contribution in [3.63, 3.8) is 0 Å². The number of pyridine rings is 2. The first-order valence-corrected chi connectivity index (χ1v) is 13.6. The van der Waals surface area contributed by atoms with Crippen molar-refractivity contribution in [2.24, 2.45) is 7.05 Å². The fraction of sp³-hybridized carbons (Fsp3) is 0.0526. The number of furan rings is 1. The van der Waals surface area contributed by atoms with E-state index in [2.05, 4.69) is 84.0 Å². The summed E-state index contributed by atoms with van der Waals surface area (Å²) < 4.78 is 8.26. The summed E-state index contributed by atoms with van der Waals surface area (Å²) in [5, 5.41) is 7.20. The number of fused-ring (bicyclic) bond motifs is 6. The molecule has 8 rings (SSSR count). The zero-order chi connectivity index (χ0) is 27.8. The Balaban J connectivity index is 0.000000191. The van der Waals surface area contributed by atoms with Crippen LogP contribution in [0.25, 0.3) is 65.9 Å². The number of benzene rings is 5. The van der Waals surface area contributed by atoms with Crippen molar-refractivity contribution in [1.29, 1.82) is 0 Å². The molecule has 0 aliphatic rings. The summed E-state index contributed by atoms with van der Waals surface area (Å²) in [6, 6.07) is 43.8. The van der Waals surface area contributed by atoms with Gasteiger partial charge in [0.15, 0.2) is 0 Å². The average Bonchev–Trinajstić information content (AvgIpc) is 3.39. The Kier molecular flexibility index (Phi) is 7.67. The van der Waals surface area contributed by atoms with Gasteiger partial charge < -0.3 is 9.40 Å². The Bertz CT molecular complexity index is 2170. The van der Waals surface area contributed by atoms with Crippen LogP contribution in [0.3, 0.4) is 0 Å². The summed E-state index contributed by atoms with van der Waals surface area (Å²) in [6.45, 7) is 2.03. The van der Waals surface area contributed by atoms with Gasteiger partial charge in [0, 0.05) is 17.2 Å². The van der Waals surface area contributed by atoms with Crippen LogP contribution in [0.15, 0.2) is 126 Å². The van der Waals surface area contributed by atoms with Crippen LogP contribution in [-0.2, 0) is 27.2 Å². The third kappa shape index (κ3) is 5.23. The van der Waals surface area contributed by atoms with Crippen molar-refractivity contribution in [2.75, 3.05) is 0 Å². The minimum absolute atomic E-state index is 0. The maximum Gasteiger partial charge on any atom is 3.00 e. The summed E-state index contributed by atoms with van der Waals surface area (Å²) in [4.78, 5) is 4.32. The molecule has 0 atom stereocenters. The molecule has 0 saturated carbocycles. The molecule has 0 aliphatic heterocycles. The summed E-state index contributed by atoms with van der Waals surface area (Å²) >= 11 is 0. The Morgan fingerprint density at radius 1 is 0.690 bits per heavy atom. The van der Waals surface area contributed by atoms with E-state index in [0.717, 1.165) is 44.3 Å². The molecule has 0 fully saturated rings. The smallest absolute Gasteiger partial charge is 0.510 e. The van der Waals surface area contributed by atoms with E-state index in [4.69, 9.17) is 4.42 Å². The van der Waals surface area contributed by atoms with Crippen LogP contribution < -0.4 is 4.57 Å². The number of nitrogens with zero attached hydrogens (tertiary/aromatic N) is 2. The maximum atomic E-state index is 6.34. The molecule has 5 aromatic carbocycles. The van der Waals surface area contributed by atoms with Gasteiger partial charge >= 0.3 is 20.1 Å². The standard InChI is InChI=1S/C26H16NO.C12H10N.Ir/c1-27-13-5-7-19(16-27)21-9-4-10-22-24-15-23-18(14-25(24)28-26(21)22)12-11-17-6-2-3-8-20(17)23;1-10-7-8-12(13-9-10)11-5-3-2-4-6-11;/h2-8,10-15H,1H3;2-5,7-9H,1H3;/q2*-1;+3. The molecule has 4 heteroatoms. The van der Waals surface area contributed by atoms with Crippen molar-refractivity contribution in [1.82, 2.24) is 4.98 Å². The first kappa shape index (κ1) is 27.5. The molecule has 3 heterocycles. The molecule has 42 heavy (non-hydrogen) atoms. The van der Waals surface area contributed by atoms with Gasteiger partial charge in [-0.15, -0.1) is 42.0 Å². The Hall–Kier alpha value is -4.63. The minimum atomic E-state index is 0. The van der Waals surface area contributed by atoms with Gasteiger partial charge in [0.05, 0.1) is 6.20 Å². The number of aryl methyl sites for hydroxylation is 2. The molecule has 0 aliphatic carbocycles. The fourth-order valence-corrected chi connectivity index (χ4v) is 5.29. The van der Waals surface area contributed by atoms with Gasteiger partial charge in [-0.2, -0.15) is 29.3 Å². The van der Waals surface area contributed by atoms with Gasteiger partial charge in [-0.3, -0.25) is 4.57 Å². The number of aromatic nitrogens is 2. The van der Waals surface area contributed by atoms with Gasteiger partial charge in [0.2, 0.25) is 0 Å². The third-order valence-electron chi connectivity index (χ3n) is 7.33. The monoisotopic (exact) mass is 719 g/mol. The molecule has 0 radical (unpaired) electrons. The van der Waals surface area contributed by atoms with Gasteiger partial charge in [0.1, 0.15) is 18.8 Å². The second-order valence-electron chi connectivity index (χ2n) is 10.2. The zero-order valence-electron chi connectivity index (χ0n) is 23.2. The predicted octanol–water partition coefficient (Wildman–Crippen LogP) is 8.84. The average molecular weight is 719 g/mol. The maximum absolute atomic E-state index is 6.34. The normalized spacial score (nSPS) is 10.9. The van der Waals surface area contributed by atoms with Crippen LogP contribution in [0, 0.1) is 25.3 Å². The molecule has 0 spiro atoms. The van der Waals surface area contributed by atoms with E-state index in [1.54, 1.807) is 0 Å². The Labute approximate surface area is 258 Å². The van der Waals surface area contributed by atoms with Crippen LogP contribution in [0.1, 0.15) is 5.56 Å². The van der Waals surface area contributed by atoms with Crippen LogP contribution >= 0.6 is 0 Å². The van der Waals surface area contributed by atoms with E-state index in [1.165, 1.54) is 27.1 Å². The van der Waals surface area contributed by atoms with E-state index in [-0.39, 0.29) is 20.1 Å². The van der Waals surface area contributed by atoms with Crippen LogP contribution in [0.2, 0.25) is 0 Å². The number of hydrogen-bond acceptors (Lipinski definition) is 2. The number of rotatable bonds is 2. The minimum Gasteiger partial charge on any atom is -0.510 e. The van der Waals surface area contributed by atoms with Crippen molar-refractivity contribution < 1.29 is 29.1 Å². The van der Waals surface area contributed by atoms with Gasteiger partial charge in [-0.05, 0) is 51.9 Å². The third-order valence-corrected chi connectivity index (χ3v) is 7.33. The van der Waals surface area contributed by atoms with E-state index in [9.17, 15) is 0 Å². The van der Waals surface area contributed by atoms with E-state index < -0.39 is 0 Å². The molecule has 3 nitrogen and oxygen atoms in total. The quantitative estimate of drug-likeness (QED) is 0.102. The molecule has 202 valence electrons. The van der Waals surface area contributed by atoms with Crippen LogP contribution in [0.5, 0.6) is 0 Å². The van der Waals surface area contributed by atoms with E-state index >= 15 is 0 Å². The first-order valence-electron chi connectivity index (χ1n) is 13.6. The van der Waals surface area contributed by atoms with Gasteiger partial charge in [-0.25, -0.2) is 0 Å². The van der Waals surface area contributed by atoms with Crippen LogP contribution in [0.4, 0.5) is 0 Å². The second kappa shape index (κ2) is 11.7. The Morgan fingerprint density at radius 2 is 1.52 bits per heavy atom. The van der Waals surface area contributed by atoms with E-state index in [1.807, 2.05) is 79.5 Å². The van der Waals surface area contributed by atoms with Crippen molar-refractivity contribution >= 4 is 43.5 Å². The largest absolute Gasteiger partial charge is 3.00 e. The SMILES string of the molecule is C[n+]1[c-]c(-c2[c-]ccc3c2oc2cc4ccc5ccccc5c4cc23)ccc1.Cc1ccc(-c2[c-]cccc2)nc1.[Ir+3]. The molecule has 0 N–H and O–H groups in total. The zero-order valence-corrected chi connectivity index (χ0v) is 25.6. The summed E-state index contributed by atoms with van der Waals surface area (Å²) in [7, 11) is 1.97. The van der Waals surface area contributed by atoms with Crippen molar-refractivity contribution in [3.05, 3.63) is 145 Å². The van der Waals surface area contributed by atoms with Gasteiger partial charge in [-0.1, -0.05) is 60.0 Å². The summed E-state index contributed by atoms with van der Waals surface area (Å²) in [6.07, 6.45) is 7.19. The van der Waals surface area contributed by atoms with E-state index in [0.29, 0.717) is 0 Å². The summed E-state index contributed by atoms with van der Waals surface area (Å²) in [5.74, 6) is 0. The molecule has 0 bridgehead atoms. The molecule has 8 aromatic rings.